The summed E-state index contributed by atoms with van der Waals surface area (Å²) in [4.78, 5) is 14.7. The molecule has 1 aromatic heterocycles. The molecule has 0 unspecified atom stereocenters. The second-order valence-electron chi connectivity index (χ2n) is 2.88. The van der Waals surface area contributed by atoms with Crippen molar-refractivity contribution >= 4 is 5.97 Å². The van der Waals surface area contributed by atoms with Gasteiger partial charge in [-0.2, -0.15) is 5.26 Å². The Labute approximate surface area is 95.6 Å². The lowest BCUT2D eigenvalue weighted by Gasteiger charge is -2.09. The minimum absolute atomic E-state index is 0.177. The summed E-state index contributed by atoms with van der Waals surface area (Å²) in [5.41, 5.74) is -1.31. The summed E-state index contributed by atoms with van der Waals surface area (Å²) in [5.74, 6) is -1.05. The number of pyridine rings is 1. The summed E-state index contributed by atoms with van der Waals surface area (Å²) >= 11 is 0. The van der Waals surface area contributed by atoms with Crippen LogP contribution in [0.1, 0.15) is 28.2 Å². The summed E-state index contributed by atoms with van der Waals surface area (Å²) < 4.78 is 34.2. The molecule has 0 atom stereocenters. The Morgan fingerprint density at radius 1 is 1.53 bits per heavy atom. The number of alkyl halides is 2. The molecule has 0 radical (unpaired) electrons. The first-order valence-corrected chi connectivity index (χ1v) is 4.40. The number of esters is 1. The van der Waals surface area contributed by atoms with E-state index in [1.54, 1.807) is 6.07 Å². The molecule has 0 aromatic carbocycles. The molecule has 7 heteroatoms. The number of hydrogen-bond donors (Lipinski definition) is 0. The Morgan fingerprint density at radius 3 is 2.59 bits per heavy atom. The van der Waals surface area contributed by atoms with E-state index in [0.29, 0.717) is 0 Å². The largest absolute Gasteiger partial charge is 0.493 e. The number of carbonyl (C=O) groups excluding carboxylic acids is 1. The zero-order chi connectivity index (χ0) is 13.0. The van der Waals surface area contributed by atoms with Gasteiger partial charge < -0.3 is 9.47 Å². The summed E-state index contributed by atoms with van der Waals surface area (Å²) in [6, 6.07) is 2.43. The second-order valence-corrected chi connectivity index (χ2v) is 2.88. The van der Waals surface area contributed by atoms with E-state index in [2.05, 4.69) is 9.72 Å². The summed E-state index contributed by atoms with van der Waals surface area (Å²) in [5, 5.41) is 8.75. The quantitative estimate of drug-likeness (QED) is 0.754. The van der Waals surface area contributed by atoms with Crippen LogP contribution in [0, 0.1) is 11.3 Å². The lowest BCUT2D eigenvalue weighted by molar-refractivity contribution is 0.0596. The van der Waals surface area contributed by atoms with E-state index < -0.39 is 18.1 Å². The van der Waals surface area contributed by atoms with Gasteiger partial charge in [-0.3, -0.25) is 0 Å². The maximum Gasteiger partial charge on any atom is 0.341 e. The van der Waals surface area contributed by atoms with Crippen molar-refractivity contribution in [3.05, 3.63) is 23.0 Å². The van der Waals surface area contributed by atoms with Crippen LogP contribution in [0.15, 0.2) is 6.07 Å². The molecule has 0 N–H and O–H groups in total. The van der Waals surface area contributed by atoms with Crippen LogP contribution >= 0.6 is 0 Å². The smallest absolute Gasteiger partial charge is 0.341 e. The summed E-state index contributed by atoms with van der Waals surface area (Å²) in [6.07, 6.45) is -2.89. The van der Waals surface area contributed by atoms with Crippen LogP contribution in [0.3, 0.4) is 0 Å². The van der Waals surface area contributed by atoms with Crippen molar-refractivity contribution in [1.82, 2.24) is 4.98 Å². The van der Waals surface area contributed by atoms with Crippen LogP contribution in [0.5, 0.6) is 5.75 Å². The van der Waals surface area contributed by atoms with Crippen molar-refractivity contribution in [1.29, 1.82) is 5.26 Å². The van der Waals surface area contributed by atoms with Gasteiger partial charge in [0.15, 0.2) is 11.4 Å². The number of hydrogen-bond acceptors (Lipinski definition) is 5. The third kappa shape index (κ3) is 2.47. The van der Waals surface area contributed by atoms with Crippen LogP contribution in [0.2, 0.25) is 0 Å². The van der Waals surface area contributed by atoms with Crippen molar-refractivity contribution in [3.8, 4) is 11.8 Å². The highest BCUT2D eigenvalue weighted by molar-refractivity contribution is 5.93. The van der Waals surface area contributed by atoms with Crippen LogP contribution in [0.4, 0.5) is 8.78 Å². The van der Waals surface area contributed by atoms with Gasteiger partial charge in [-0.1, -0.05) is 0 Å². The van der Waals surface area contributed by atoms with Crippen molar-refractivity contribution in [2.75, 3.05) is 14.2 Å². The normalized spacial score (nSPS) is 9.88. The minimum Gasteiger partial charge on any atom is -0.493 e. The number of ether oxygens (including phenoxy) is 2. The number of aromatic nitrogens is 1. The molecular weight excluding hydrogens is 234 g/mol. The predicted molar refractivity (Wildman–Crippen MR) is 51.8 cm³/mol. The lowest BCUT2D eigenvalue weighted by atomic mass is 10.1. The van der Waals surface area contributed by atoms with Gasteiger partial charge in [0.05, 0.1) is 14.2 Å². The average molecular weight is 242 g/mol. The zero-order valence-electron chi connectivity index (χ0n) is 9.03. The van der Waals surface area contributed by atoms with E-state index in [-0.39, 0.29) is 17.0 Å². The fourth-order valence-electron chi connectivity index (χ4n) is 1.21. The Morgan fingerprint density at radius 2 is 2.18 bits per heavy atom. The topological polar surface area (TPSA) is 72.2 Å². The molecule has 1 rings (SSSR count). The SMILES string of the molecule is COC(=O)c1cc(C(F)F)nc(C#N)c1OC. The Hall–Kier alpha value is -2.23. The molecule has 0 fully saturated rings. The molecule has 0 saturated heterocycles. The molecular formula is C10H8F2N2O3. The first kappa shape index (κ1) is 12.8. The fraction of sp³-hybridized carbons (Fsp3) is 0.300. The Balaban J connectivity index is 3.49. The van der Waals surface area contributed by atoms with E-state index in [1.165, 1.54) is 7.11 Å². The Kier molecular flexibility index (Phi) is 3.93. The average Bonchev–Trinajstić information content (AvgIpc) is 2.35. The fourth-order valence-corrected chi connectivity index (χ4v) is 1.21. The van der Waals surface area contributed by atoms with Crippen molar-refractivity contribution in [2.45, 2.75) is 6.43 Å². The number of halogens is 2. The van der Waals surface area contributed by atoms with Gasteiger partial charge in [0.1, 0.15) is 17.3 Å². The van der Waals surface area contributed by atoms with Crippen LogP contribution in [-0.2, 0) is 4.74 Å². The van der Waals surface area contributed by atoms with Crippen molar-refractivity contribution < 1.29 is 23.0 Å². The van der Waals surface area contributed by atoms with Crippen LogP contribution in [0.25, 0.3) is 0 Å². The van der Waals surface area contributed by atoms with Gasteiger partial charge in [-0.15, -0.1) is 0 Å². The third-order valence-corrected chi connectivity index (χ3v) is 1.93. The standard InChI is InChI=1S/C10H8F2N2O3/c1-16-8-5(10(15)17-2)3-6(9(11)12)14-7(8)4-13/h3,9H,1-2H3. The van der Waals surface area contributed by atoms with Gasteiger partial charge in [0, 0.05) is 0 Å². The molecule has 5 nitrogen and oxygen atoms in total. The monoisotopic (exact) mass is 242 g/mol. The molecule has 0 amide bonds. The van der Waals surface area contributed by atoms with Gasteiger partial charge in [-0.05, 0) is 6.07 Å². The van der Waals surface area contributed by atoms with Gasteiger partial charge in [0.25, 0.3) is 6.43 Å². The number of nitrogens with zero attached hydrogens (tertiary/aromatic N) is 2. The maximum atomic E-state index is 12.5. The zero-order valence-corrected chi connectivity index (χ0v) is 9.03. The summed E-state index contributed by atoms with van der Waals surface area (Å²) in [6.45, 7) is 0. The molecule has 0 spiro atoms. The molecule has 0 bridgehead atoms. The van der Waals surface area contributed by atoms with Gasteiger partial charge in [-0.25, -0.2) is 18.6 Å². The molecule has 0 aliphatic heterocycles. The van der Waals surface area contributed by atoms with Crippen molar-refractivity contribution in [2.24, 2.45) is 0 Å². The molecule has 90 valence electrons. The number of nitriles is 1. The minimum atomic E-state index is -2.89. The van der Waals surface area contributed by atoms with E-state index >= 15 is 0 Å². The molecule has 0 aliphatic rings. The van der Waals surface area contributed by atoms with E-state index in [9.17, 15) is 13.6 Å². The molecule has 17 heavy (non-hydrogen) atoms. The van der Waals surface area contributed by atoms with Gasteiger partial charge >= 0.3 is 5.97 Å². The maximum absolute atomic E-state index is 12.5. The van der Waals surface area contributed by atoms with E-state index in [0.717, 1.165) is 13.2 Å². The molecule has 1 heterocycles. The highest BCUT2D eigenvalue weighted by Crippen LogP contribution is 2.27. The first-order valence-electron chi connectivity index (χ1n) is 4.40. The van der Waals surface area contributed by atoms with Crippen LogP contribution < -0.4 is 4.74 Å². The lowest BCUT2D eigenvalue weighted by Crippen LogP contribution is -2.09. The third-order valence-electron chi connectivity index (χ3n) is 1.93. The van der Waals surface area contributed by atoms with Crippen molar-refractivity contribution in [3.63, 3.8) is 0 Å². The Bertz CT molecular complexity index is 483. The summed E-state index contributed by atoms with van der Waals surface area (Å²) in [7, 11) is 2.29. The van der Waals surface area contributed by atoms with Crippen LogP contribution in [-0.4, -0.2) is 25.2 Å². The highest BCUT2D eigenvalue weighted by atomic mass is 19.3. The van der Waals surface area contributed by atoms with E-state index in [1.807, 2.05) is 0 Å². The molecule has 0 saturated carbocycles. The molecule has 0 aliphatic carbocycles. The highest BCUT2D eigenvalue weighted by Gasteiger charge is 2.22. The number of methoxy groups -OCH3 is 2. The van der Waals surface area contributed by atoms with E-state index in [4.69, 9.17) is 10.00 Å². The van der Waals surface area contributed by atoms with Gasteiger partial charge in [0.2, 0.25) is 0 Å². The molecule has 1 aromatic rings. The second kappa shape index (κ2) is 5.21. The number of carbonyl (C=O) groups is 1. The predicted octanol–water partition coefficient (Wildman–Crippen LogP) is 1.69. The first-order chi connectivity index (χ1) is 8.04. The number of rotatable bonds is 3.